The Morgan fingerprint density at radius 3 is 0.855 bits per heavy atom. The molecule has 8 rings (SSSR count). The zero-order valence-electron chi connectivity index (χ0n) is 31.9. The van der Waals surface area contributed by atoms with Crippen molar-refractivity contribution in [3.63, 3.8) is 0 Å². The molecule has 2 saturated carbocycles. The van der Waals surface area contributed by atoms with Gasteiger partial charge in [0.15, 0.2) is 0 Å². The van der Waals surface area contributed by atoms with Gasteiger partial charge in [-0.15, -0.1) is 0 Å². The molecule has 280 valence electrons. The summed E-state index contributed by atoms with van der Waals surface area (Å²) in [7, 11) is 0. The molecular weight excluding hydrogens is 673 g/mol. The fourth-order valence-corrected chi connectivity index (χ4v) is 9.33. The van der Waals surface area contributed by atoms with Gasteiger partial charge in [0.05, 0.1) is 25.4 Å². The van der Waals surface area contributed by atoms with Crippen LogP contribution in [0.4, 0.5) is 0 Å². The Bertz CT molecular complexity index is 1660. The van der Waals surface area contributed by atoms with E-state index in [1.54, 1.807) is 0 Å². The number of benzene rings is 6. The second-order valence-electron chi connectivity index (χ2n) is 15.6. The number of ether oxygens (including phenoxy) is 3. The average molecular weight is 727 g/mol. The molecule has 0 radical (unpaired) electrons. The van der Waals surface area contributed by atoms with E-state index in [-0.39, 0.29) is 12.2 Å². The zero-order valence-corrected chi connectivity index (χ0v) is 31.9. The van der Waals surface area contributed by atoms with E-state index in [1.165, 1.54) is 12.8 Å². The summed E-state index contributed by atoms with van der Waals surface area (Å²) in [5.74, 6) is 0.862. The first-order valence-corrected chi connectivity index (χ1v) is 20.5. The molecule has 6 aromatic rings. The van der Waals surface area contributed by atoms with Crippen molar-refractivity contribution in [2.45, 2.75) is 74.8 Å². The van der Waals surface area contributed by atoms with E-state index in [9.17, 15) is 0 Å². The van der Waals surface area contributed by atoms with Crippen LogP contribution in [-0.4, -0.2) is 25.4 Å². The Hall–Kier alpha value is -4.80. The second kappa shape index (κ2) is 17.8. The molecule has 2 fully saturated rings. The lowest BCUT2D eigenvalue weighted by Crippen LogP contribution is -2.38. The summed E-state index contributed by atoms with van der Waals surface area (Å²) in [5, 5.41) is 0. The minimum atomic E-state index is -0.692. The Kier molecular flexibility index (Phi) is 12.0. The van der Waals surface area contributed by atoms with Gasteiger partial charge >= 0.3 is 0 Å². The quantitative estimate of drug-likeness (QED) is 0.105. The van der Waals surface area contributed by atoms with Crippen LogP contribution < -0.4 is 0 Å². The summed E-state index contributed by atoms with van der Waals surface area (Å²) in [5.41, 5.74) is 5.55. The molecule has 0 amide bonds. The molecule has 0 aliphatic heterocycles. The zero-order chi connectivity index (χ0) is 37.2. The molecule has 3 heteroatoms. The summed E-state index contributed by atoms with van der Waals surface area (Å²) in [4.78, 5) is 0. The van der Waals surface area contributed by atoms with E-state index in [0.717, 1.165) is 71.9 Å². The highest BCUT2D eigenvalue weighted by Gasteiger charge is 2.40. The van der Waals surface area contributed by atoms with Crippen molar-refractivity contribution in [2.75, 3.05) is 13.2 Å². The lowest BCUT2D eigenvalue weighted by atomic mass is 9.79. The van der Waals surface area contributed by atoms with Gasteiger partial charge in [0, 0.05) is 0 Å². The smallest absolute Gasteiger partial charge is 0.143 e. The van der Waals surface area contributed by atoms with Crippen LogP contribution in [0.25, 0.3) is 0 Å². The summed E-state index contributed by atoms with van der Waals surface area (Å²) < 4.78 is 21.6. The molecule has 0 aromatic heterocycles. The van der Waals surface area contributed by atoms with E-state index in [2.05, 4.69) is 182 Å². The third kappa shape index (κ3) is 8.26. The van der Waals surface area contributed by atoms with Crippen molar-refractivity contribution in [3.8, 4) is 0 Å². The molecule has 0 N–H and O–H groups in total. The fourth-order valence-electron chi connectivity index (χ4n) is 9.33. The standard InChI is InChI=1S/C52H54O3/c1-7-23-43(24-8-1)51(44-25-9-2-10-26-44,45-27-11-3-12-28-45)53-39-41-21-19-35-49(37-41)55-50-36-20-22-42(38-50)40-54-52(46-29-13-4-14-30-46,47-31-15-5-16-32-47)48-33-17-6-18-34-48/h1-18,23-34,41-42,49-50H,19-22,35-40H2. The number of hydrogen-bond donors (Lipinski definition) is 0. The van der Waals surface area contributed by atoms with Crippen molar-refractivity contribution in [3.05, 3.63) is 215 Å². The summed E-state index contributed by atoms with van der Waals surface area (Å²) in [6, 6.07) is 64.5. The van der Waals surface area contributed by atoms with Gasteiger partial charge in [0.2, 0.25) is 0 Å². The van der Waals surface area contributed by atoms with Gasteiger partial charge in [-0.2, -0.15) is 0 Å². The molecule has 4 unspecified atom stereocenters. The highest BCUT2D eigenvalue weighted by atomic mass is 16.5. The summed E-state index contributed by atoms with van der Waals surface area (Å²) in [6.07, 6.45) is 9.47. The first-order chi connectivity index (χ1) is 27.2. The lowest BCUT2D eigenvalue weighted by molar-refractivity contribution is -0.0897. The molecule has 2 aliphatic carbocycles. The predicted octanol–water partition coefficient (Wildman–Crippen LogP) is 12.1. The minimum absolute atomic E-state index is 0.253. The monoisotopic (exact) mass is 726 g/mol. The van der Waals surface area contributed by atoms with E-state index in [1.807, 2.05) is 0 Å². The molecule has 0 spiro atoms. The average Bonchev–Trinajstić information content (AvgIpc) is 3.27. The van der Waals surface area contributed by atoms with Gasteiger partial charge in [-0.1, -0.05) is 195 Å². The maximum absolute atomic E-state index is 7.28. The summed E-state index contributed by atoms with van der Waals surface area (Å²) >= 11 is 0. The van der Waals surface area contributed by atoms with Crippen molar-refractivity contribution in [1.82, 2.24) is 0 Å². The first-order valence-electron chi connectivity index (χ1n) is 20.5. The van der Waals surface area contributed by atoms with Crippen LogP contribution in [-0.2, 0) is 25.4 Å². The molecule has 6 aromatic carbocycles. The van der Waals surface area contributed by atoms with Crippen LogP contribution in [0.1, 0.15) is 84.7 Å². The van der Waals surface area contributed by atoms with Crippen LogP contribution >= 0.6 is 0 Å². The molecule has 3 nitrogen and oxygen atoms in total. The minimum Gasteiger partial charge on any atom is -0.375 e. The van der Waals surface area contributed by atoms with Crippen molar-refractivity contribution in [1.29, 1.82) is 0 Å². The van der Waals surface area contributed by atoms with Crippen LogP contribution in [0.5, 0.6) is 0 Å². The third-order valence-electron chi connectivity index (χ3n) is 12.0. The third-order valence-corrected chi connectivity index (χ3v) is 12.0. The highest BCUT2D eigenvalue weighted by Crippen LogP contribution is 2.44. The largest absolute Gasteiger partial charge is 0.375 e. The molecule has 55 heavy (non-hydrogen) atoms. The van der Waals surface area contributed by atoms with Crippen LogP contribution in [0, 0.1) is 11.8 Å². The van der Waals surface area contributed by atoms with Gasteiger partial charge in [0.25, 0.3) is 0 Å². The Balaban J connectivity index is 0.959. The van der Waals surface area contributed by atoms with Crippen molar-refractivity contribution in [2.24, 2.45) is 11.8 Å². The van der Waals surface area contributed by atoms with Gasteiger partial charge in [-0.05, 0) is 83.7 Å². The lowest BCUT2D eigenvalue weighted by Gasteiger charge is -2.40. The molecule has 4 atom stereocenters. The normalized spacial score (nSPS) is 20.5. The van der Waals surface area contributed by atoms with Crippen molar-refractivity contribution < 1.29 is 14.2 Å². The molecule has 0 saturated heterocycles. The Morgan fingerprint density at radius 2 is 0.600 bits per heavy atom. The van der Waals surface area contributed by atoms with Crippen molar-refractivity contribution >= 4 is 0 Å². The van der Waals surface area contributed by atoms with Gasteiger partial charge in [0.1, 0.15) is 11.2 Å². The maximum atomic E-state index is 7.28. The number of hydrogen-bond acceptors (Lipinski definition) is 3. The van der Waals surface area contributed by atoms with Gasteiger partial charge in [-0.3, -0.25) is 0 Å². The van der Waals surface area contributed by atoms with Crippen LogP contribution in [0.2, 0.25) is 0 Å². The Labute approximate surface area is 328 Å². The number of rotatable bonds is 14. The van der Waals surface area contributed by atoms with Gasteiger partial charge < -0.3 is 14.2 Å². The Morgan fingerprint density at radius 1 is 0.345 bits per heavy atom. The maximum Gasteiger partial charge on any atom is 0.143 e. The fraction of sp³-hybridized carbons (Fsp3) is 0.308. The summed E-state index contributed by atoms with van der Waals surface area (Å²) in [6.45, 7) is 1.36. The van der Waals surface area contributed by atoms with E-state index in [4.69, 9.17) is 14.2 Å². The van der Waals surface area contributed by atoms with E-state index in [0.29, 0.717) is 25.0 Å². The predicted molar refractivity (Wildman–Crippen MR) is 223 cm³/mol. The molecule has 0 bridgehead atoms. The molecule has 0 heterocycles. The SMILES string of the molecule is c1ccc(C(OCC2CCCC(OC3CCCC(COC(c4ccccc4)(c4ccccc4)c4ccccc4)C3)C2)(c2ccccc2)c2ccccc2)cc1. The molecular formula is C52H54O3. The molecule has 2 aliphatic rings. The topological polar surface area (TPSA) is 27.7 Å². The van der Waals surface area contributed by atoms with Crippen LogP contribution in [0.15, 0.2) is 182 Å². The van der Waals surface area contributed by atoms with Gasteiger partial charge in [-0.25, -0.2) is 0 Å². The first kappa shape index (κ1) is 37.1. The van der Waals surface area contributed by atoms with Crippen LogP contribution in [0.3, 0.4) is 0 Å². The highest BCUT2D eigenvalue weighted by molar-refractivity contribution is 5.49. The second-order valence-corrected chi connectivity index (χ2v) is 15.6. The van der Waals surface area contributed by atoms with E-state index < -0.39 is 11.2 Å². The van der Waals surface area contributed by atoms with E-state index >= 15 is 0 Å².